The van der Waals surface area contributed by atoms with Crippen LogP contribution in [0.5, 0.6) is 0 Å². The van der Waals surface area contributed by atoms with Crippen LogP contribution in [-0.4, -0.2) is 24.5 Å². The van der Waals surface area contributed by atoms with Gasteiger partial charge in [0.05, 0.1) is 10.5 Å². The molecule has 1 saturated carbocycles. The summed E-state index contributed by atoms with van der Waals surface area (Å²) in [5, 5.41) is 0. The van der Waals surface area contributed by atoms with E-state index in [1.165, 1.54) is 12.1 Å². The van der Waals surface area contributed by atoms with Crippen molar-refractivity contribution in [3.8, 4) is 0 Å². The predicted molar refractivity (Wildman–Crippen MR) is 80.5 cm³/mol. The Bertz CT molecular complexity index is 485. The molecule has 0 saturated heterocycles. The van der Waals surface area contributed by atoms with Crippen molar-refractivity contribution < 1.29 is 8.78 Å². The predicted octanol–water partition coefficient (Wildman–Crippen LogP) is 3.99. The molecule has 2 N–H and O–H groups in total. The van der Waals surface area contributed by atoms with E-state index < -0.39 is 17.7 Å². The summed E-state index contributed by atoms with van der Waals surface area (Å²) in [5.74, 6) is -1.14. The molecule has 0 heterocycles. The molecule has 0 aliphatic heterocycles. The van der Waals surface area contributed by atoms with Crippen molar-refractivity contribution >= 4 is 15.9 Å². The minimum atomic E-state index is -0.671. The lowest BCUT2D eigenvalue weighted by Gasteiger charge is -2.47. The van der Waals surface area contributed by atoms with Gasteiger partial charge in [0.15, 0.2) is 0 Å². The van der Waals surface area contributed by atoms with E-state index in [1.807, 2.05) is 19.0 Å². The molecule has 1 aliphatic carbocycles. The van der Waals surface area contributed by atoms with Gasteiger partial charge in [0.2, 0.25) is 0 Å². The molecule has 112 valence electrons. The molecule has 1 unspecified atom stereocenters. The van der Waals surface area contributed by atoms with Gasteiger partial charge >= 0.3 is 0 Å². The Hall–Kier alpha value is -0.520. The quantitative estimate of drug-likeness (QED) is 0.838. The third kappa shape index (κ3) is 2.63. The standard InChI is InChI=1S/C15H21BrF2N2/c1-20(2)15(8-4-3-5-9-15)14(19)12-11(17)7-6-10(16)13(12)18/h6-7,14H,3-5,8-9,19H2,1-2H3. The first-order chi connectivity index (χ1) is 9.40. The van der Waals surface area contributed by atoms with Gasteiger partial charge in [-0.1, -0.05) is 19.3 Å². The summed E-state index contributed by atoms with van der Waals surface area (Å²) >= 11 is 3.12. The second kappa shape index (κ2) is 6.08. The minimum Gasteiger partial charge on any atom is -0.322 e. The summed E-state index contributed by atoms with van der Waals surface area (Å²) in [6, 6.07) is 1.98. The number of halogens is 3. The first-order valence-electron chi connectivity index (χ1n) is 6.96. The molecule has 1 aromatic rings. The molecule has 20 heavy (non-hydrogen) atoms. The average Bonchev–Trinajstić information content (AvgIpc) is 2.43. The number of benzene rings is 1. The fourth-order valence-electron chi connectivity index (χ4n) is 3.30. The monoisotopic (exact) mass is 346 g/mol. The van der Waals surface area contributed by atoms with E-state index in [4.69, 9.17) is 5.73 Å². The molecule has 0 aromatic heterocycles. The highest BCUT2D eigenvalue weighted by Crippen LogP contribution is 2.42. The number of rotatable bonds is 3. The van der Waals surface area contributed by atoms with Gasteiger partial charge in [-0.25, -0.2) is 8.78 Å². The highest BCUT2D eigenvalue weighted by Gasteiger charge is 2.42. The minimum absolute atomic E-state index is 0.00465. The summed E-state index contributed by atoms with van der Waals surface area (Å²) in [6.45, 7) is 0. The largest absolute Gasteiger partial charge is 0.322 e. The van der Waals surface area contributed by atoms with E-state index in [0.717, 1.165) is 32.1 Å². The van der Waals surface area contributed by atoms with Crippen molar-refractivity contribution in [2.45, 2.75) is 43.7 Å². The van der Waals surface area contributed by atoms with Gasteiger partial charge in [-0.2, -0.15) is 0 Å². The third-order valence-corrected chi connectivity index (χ3v) is 5.19. The topological polar surface area (TPSA) is 29.3 Å². The van der Waals surface area contributed by atoms with E-state index in [-0.39, 0.29) is 15.6 Å². The van der Waals surface area contributed by atoms with Crippen molar-refractivity contribution in [3.63, 3.8) is 0 Å². The molecular formula is C15H21BrF2N2. The highest BCUT2D eigenvalue weighted by molar-refractivity contribution is 9.10. The van der Waals surface area contributed by atoms with E-state index in [0.29, 0.717) is 0 Å². The fraction of sp³-hybridized carbons (Fsp3) is 0.600. The van der Waals surface area contributed by atoms with E-state index >= 15 is 0 Å². The number of hydrogen-bond acceptors (Lipinski definition) is 2. The summed E-state index contributed by atoms with van der Waals surface area (Å²) in [5.41, 5.74) is 5.95. The molecule has 0 amide bonds. The lowest BCUT2D eigenvalue weighted by Crippen LogP contribution is -2.54. The zero-order chi connectivity index (χ0) is 14.9. The van der Waals surface area contributed by atoms with Crippen LogP contribution in [0.2, 0.25) is 0 Å². The first-order valence-corrected chi connectivity index (χ1v) is 7.76. The van der Waals surface area contributed by atoms with Crippen molar-refractivity contribution in [1.29, 1.82) is 0 Å². The molecule has 0 bridgehead atoms. The smallest absolute Gasteiger partial charge is 0.145 e. The summed E-state index contributed by atoms with van der Waals surface area (Å²) in [6.07, 6.45) is 4.98. The Morgan fingerprint density at radius 1 is 1.20 bits per heavy atom. The van der Waals surface area contributed by atoms with Crippen LogP contribution in [0.25, 0.3) is 0 Å². The maximum atomic E-state index is 14.3. The maximum absolute atomic E-state index is 14.3. The fourth-order valence-corrected chi connectivity index (χ4v) is 3.64. The molecule has 0 radical (unpaired) electrons. The lowest BCUT2D eigenvalue weighted by molar-refractivity contribution is 0.0687. The van der Waals surface area contributed by atoms with Crippen LogP contribution in [0.4, 0.5) is 8.78 Å². The molecule has 1 atom stereocenters. The van der Waals surface area contributed by atoms with Crippen LogP contribution in [-0.2, 0) is 0 Å². The second-order valence-corrected chi connectivity index (χ2v) is 6.65. The molecule has 1 fully saturated rings. The molecule has 1 aromatic carbocycles. The van der Waals surface area contributed by atoms with Crippen LogP contribution in [0.15, 0.2) is 16.6 Å². The SMILES string of the molecule is CN(C)C1(C(N)c2c(F)ccc(Br)c2F)CCCCC1. The van der Waals surface area contributed by atoms with Gasteiger partial charge < -0.3 is 10.6 Å². The lowest BCUT2D eigenvalue weighted by atomic mass is 9.73. The van der Waals surface area contributed by atoms with Gasteiger partial charge in [0.1, 0.15) is 11.6 Å². The molecule has 2 rings (SSSR count). The zero-order valence-electron chi connectivity index (χ0n) is 11.9. The Morgan fingerprint density at radius 2 is 1.80 bits per heavy atom. The van der Waals surface area contributed by atoms with Gasteiger partial charge in [0.25, 0.3) is 0 Å². The van der Waals surface area contributed by atoms with Crippen molar-refractivity contribution in [3.05, 3.63) is 33.8 Å². The maximum Gasteiger partial charge on any atom is 0.145 e. The molecule has 0 spiro atoms. The Labute approximate surface area is 127 Å². The van der Waals surface area contributed by atoms with Crippen molar-refractivity contribution in [2.75, 3.05) is 14.1 Å². The van der Waals surface area contributed by atoms with Crippen LogP contribution in [0.3, 0.4) is 0 Å². The van der Waals surface area contributed by atoms with E-state index in [9.17, 15) is 8.78 Å². The molecule has 2 nitrogen and oxygen atoms in total. The van der Waals surface area contributed by atoms with Crippen LogP contribution in [0, 0.1) is 11.6 Å². The number of nitrogens with two attached hydrogens (primary N) is 1. The molecule has 5 heteroatoms. The third-order valence-electron chi connectivity index (χ3n) is 4.58. The van der Waals surface area contributed by atoms with Crippen molar-refractivity contribution in [2.24, 2.45) is 5.73 Å². The summed E-state index contributed by atoms with van der Waals surface area (Å²) in [4.78, 5) is 2.04. The number of nitrogens with zero attached hydrogens (tertiary/aromatic N) is 1. The van der Waals surface area contributed by atoms with Gasteiger partial charge in [-0.3, -0.25) is 0 Å². The normalized spacial score (nSPS) is 20.1. The van der Waals surface area contributed by atoms with Gasteiger partial charge in [-0.05, 0) is 55.0 Å². The summed E-state index contributed by atoms with van der Waals surface area (Å²) in [7, 11) is 3.89. The number of likely N-dealkylation sites (N-methyl/N-ethyl adjacent to an activating group) is 1. The Balaban J connectivity index is 2.48. The van der Waals surface area contributed by atoms with E-state index in [1.54, 1.807) is 0 Å². The van der Waals surface area contributed by atoms with E-state index in [2.05, 4.69) is 15.9 Å². The van der Waals surface area contributed by atoms with Gasteiger partial charge in [0, 0.05) is 11.1 Å². The second-order valence-electron chi connectivity index (χ2n) is 5.79. The first kappa shape index (κ1) is 15.9. The van der Waals surface area contributed by atoms with Crippen LogP contribution >= 0.6 is 15.9 Å². The number of hydrogen-bond donors (Lipinski definition) is 1. The van der Waals surface area contributed by atoms with Crippen LogP contribution in [0.1, 0.15) is 43.7 Å². The Morgan fingerprint density at radius 3 is 2.35 bits per heavy atom. The summed E-state index contributed by atoms with van der Waals surface area (Å²) < 4.78 is 28.7. The van der Waals surface area contributed by atoms with Gasteiger partial charge in [-0.15, -0.1) is 0 Å². The van der Waals surface area contributed by atoms with Crippen LogP contribution < -0.4 is 5.73 Å². The molecule has 1 aliphatic rings. The Kier molecular flexibility index (Phi) is 4.82. The molecular weight excluding hydrogens is 326 g/mol. The zero-order valence-corrected chi connectivity index (χ0v) is 13.5. The van der Waals surface area contributed by atoms with Crippen molar-refractivity contribution in [1.82, 2.24) is 4.90 Å². The highest BCUT2D eigenvalue weighted by atomic mass is 79.9. The average molecular weight is 347 g/mol.